The van der Waals surface area contributed by atoms with Crippen LogP contribution >= 0.6 is 0 Å². The smallest absolute Gasteiger partial charge is 0.303 e. The Morgan fingerprint density at radius 3 is 2.48 bits per heavy atom. The molecule has 0 aromatic rings. The van der Waals surface area contributed by atoms with Crippen molar-refractivity contribution < 1.29 is 15.0 Å². The predicted molar refractivity (Wildman–Crippen MR) is 95.5 cm³/mol. The Balaban J connectivity index is 2.41. The average molecular weight is 325 g/mol. The molecule has 0 aliphatic heterocycles. The minimum absolute atomic E-state index is 0.257. The van der Waals surface area contributed by atoms with Gasteiger partial charge in [-0.2, -0.15) is 0 Å². The average Bonchev–Trinajstić information content (AvgIpc) is 2.54. The second kappa shape index (κ2) is 11.7. The van der Waals surface area contributed by atoms with E-state index >= 15 is 0 Å². The molecule has 3 nitrogen and oxygen atoms in total. The monoisotopic (exact) mass is 324 g/mol. The number of hydrogen-bond donors (Lipinski definition) is 2. The SMILES string of the molecule is CCCCCC(O)/C=C/C1(CCCCCC(=O)O)CCCCC1. The van der Waals surface area contributed by atoms with Gasteiger partial charge >= 0.3 is 5.97 Å². The Kier molecular flexibility index (Phi) is 10.3. The molecule has 2 N–H and O–H groups in total. The molecule has 0 heterocycles. The van der Waals surface area contributed by atoms with Crippen LogP contribution in [0.2, 0.25) is 0 Å². The van der Waals surface area contributed by atoms with Gasteiger partial charge in [0.1, 0.15) is 0 Å². The quantitative estimate of drug-likeness (QED) is 0.370. The molecule has 1 atom stereocenters. The lowest BCUT2D eigenvalue weighted by Gasteiger charge is -2.35. The summed E-state index contributed by atoms with van der Waals surface area (Å²) in [6.45, 7) is 2.18. The Morgan fingerprint density at radius 1 is 1.09 bits per heavy atom. The van der Waals surface area contributed by atoms with Gasteiger partial charge < -0.3 is 10.2 Å². The summed E-state index contributed by atoms with van der Waals surface area (Å²) in [6.07, 6.45) is 19.1. The number of aliphatic hydroxyl groups is 1. The van der Waals surface area contributed by atoms with E-state index in [0.29, 0.717) is 6.42 Å². The van der Waals surface area contributed by atoms with Gasteiger partial charge in [0.05, 0.1) is 6.10 Å². The second-order valence-corrected chi connectivity index (χ2v) is 7.30. The van der Waals surface area contributed by atoms with E-state index in [9.17, 15) is 9.90 Å². The highest BCUT2D eigenvalue weighted by Gasteiger charge is 2.28. The van der Waals surface area contributed by atoms with E-state index in [0.717, 1.165) is 38.5 Å². The van der Waals surface area contributed by atoms with Crippen molar-refractivity contribution in [1.82, 2.24) is 0 Å². The number of carboxylic acids is 1. The Morgan fingerprint density at radius 2 is 1.83 bits per heavy atom. The molecule has 1 rings (SSSR count). The van der Waals surface area contributed by atoms with Gasteiger partial charge in [-0.25, -0.2) is 0 Å². The second-order valence-electron chi connectivity index (χ2n) is 7.30. The molecule has 0 saturated heterocycles. The van der Waals surface area contributed by atoms with Crippen molar-refractivity contribution in [2.24, 2.45) is 5.41 Å². The van der Waals surface area contributed by atoms with E-state index < -0.39 is 5.97 Å². The highest BCUT2D eigenvalue weighted by molar-refractivity contribution is 5.66. The summed E-state index contributed by atoms with van der Waals surface area (Å²) in [5, 5.41) is 18.8. The van der Waals surface area contributed by atoms with E-state index in [2.05, 4.69) is 13.0 Å². The van der Waals surface area contributed by atoms with Crippen LogP contribution in [-0.2, 0) is 4.79 Å². The predicted octanol–water partition coefficient (Wildman–Crippen LogP) is 5.47. The van der Waals surface area contributed by atoms with E-state index in [4.69, 9.17) is 5.11 Å². The number of unbranched alkanes of at least 4 members (excludes halogenated alkanes) is 4. The minimum atomic E-state index is -0.688. The minimum Gasteiger partial charge on any atom is -0.481 e. The third-order valence-corrected chi connectivity index (χ3v) is 5.19. The van der Waals surface area contributed by atoms with Crippen molar-refractivity contribution in [3.63, 3.8) is 0 Å². The van der Waals surface area contributed by atoms with E-state index in [1.54, 1.807) is 0 Å². The van der Waals surface area contributed by atoms with Crippen LogP contribution in [0.25, 0.3) is 0 Å². The summed E-state index contributed by atoms with van der Waals surface area (Å²) in [4.78, 5) is 10.6. The van der Waals surface area contributed by atoms with E-state index in [1.165, 1.54) is 44.9 Å². The molecule has 3 heteroatoms. The third-order valence-electron chi connectivity index (χ3n) is 5.19. The lowest BCUT2D eigenvalue weighted by Crippen LogP contribution is -2.22. The molecule has 1 saturated carbocycles. The van der Waals surface area contributed by atoms with Crippen LogP contribution in [0, 0.1) is 5.41 Å². The zero-order chi connectivity index (χ0) is 17.0. The van der Waals surface area contributed by atoms with Crippen LogP contribution in [0.5, 0.6) is 0 Å². The first kappa shape index (κ1) is 20.2. The van der Waals surface area contributed by atoms with Crippen LogP contribution < -0.4 is 0 Å². The van der Waals surface area contributed by atoms with E-state index in [1.807, 2.05) is 6.08 Å². The summed E-state index contributed by atoms with van der Waals surface area (Å²) in [7, 11) is 0. The molecule has 0 spiro atoms. The topological polar surface area (TPSA) is 57.5 Å². The number of aliphatic carboxylic acids is 1. The van der Waals surface area contributed by atoms with Crippen LogP contribution in [0.4, 0.5) is 0 Å². The van der Waals surface area contributed by atoms with Crippen LogP contribution in [-0.4, -0.2) is 22.3 Å². The van der Waals surface area contributed by atoms with Crippen LogP contribution in [0.3, 0.4) is 0 Å². The van der Waals surface area contributed by atoms with Crippen molar-refractivity contribution in [3.8, 4) is 0 Å². The fourth-order valence-corrected chi connectivity index (χ4v) is 3.70. The largest absolute Gasteiger partial charge is 0.481 e. The lowest BCUT2D eigenvalue weighted by atomic mass is 9.70. The summed E-state index contributed by atoms with van der Waals surface area (Å²) in [5.41, 5.74) is 0.257. The van der Waals surface area contributed by atoms with E-state index in [-0.39, 0.29) is 11.5 Å². The molecule has 0 amide bonds. The van der Waals surface area contributed by atoms with Crippen LogP contribution in [0.1, 0.15) is 96.8 Å². The molecule has 0 aromatic heterocycles. The summed E-state index contributed by atoms with van der Waals surface area (Å²) < 4.78 is 0. The van der Waals surface area contributed by atoms with Crippen molar-refractivity contribution >= 4 is 5.97 Å². The first-order valence-electron chi connectivity index (χ1n) is 9.67. The molecule has 0 bridgehead atoms. The molecule has 1 aliphatic rings. The Bertz CT molecular complexity index is 343. The molecule has 0 radical (unpaired) electrons. The first-order valence-corrected chi connectivity index (χ1v) is 9.67. The number of carboxylic acid groups (broad SMARTS) is 1. The Labute approximate surface area is 142 Å². The molecule has 1 unspecified atom stereocenters. The van der Waals surface area contributed by atoms with Gasteiger partial charge in [-0.1, -0.05) is 70.4 Å². The fourth-order valence-electron chi connectivity index (χ4n) is 3.70. The highest BCUT2D eigenvalue weighted by Crippen LogP contribution is 2.42. The molecule has 1 fully saturated rings. The number of aliphatic hydroxyl groups excluding tert-OH is 1. The number of carbonyl (C=O) groups is 1. The molecular formula is C20H36O3. The van der Waals surface area contributed by atoms with Gasteiger partial charge in [-0.3, -0.25) is 4.79 Å². The van der Waals surface area contributed by atoms with Crippen molar-refractivity contribution in [2.75, 3.05) is 0 Å². The summed E-state index contributed by atoms with van der Waals surface area (Å²) in [6, 6.07) is 0. The summed E-state index contributed by atoms with van der Waals surface area (Å²) in [5.74, 6) is -0.688. The Hall–Kier alpha value is -0.830. The molecule has 23 heavy (non-hydrogen) atoms. The first-order chi connectivity index (χ1) is 11.1. The maximum atomic E-state index is 10.6. The summed E-state index contributed by atoms with van der Waals surface area (Å²) >= 11 is 0. The third kappa shape index (κ3) is 9.14. The number of rotatable bonds is 12. The van der Waals surface area contributed by atoms with Crippen molar-refractivity contribution in [2.45, 2.75) is 103 Å². The standard InChI is InChI=1S/C20H36O3/c1-2-3-6-11-18(21)13-17-20(15-9-5-10-16-20)14-8-4-7-12-19(22)23/h13,17-18,21H,2-12,14-16H2,1H3,(H,22,23)/b17-13+. The highest BCUT2D eigenvalue weighted by atomic mass is 16.4. The number of allylic oxidation sites excluding steroid dienone is 1. The number of hydrogen-bond acceptors (Lipinski definition) is 2. The molecule has 1 aliphatic carbocycles. The van der Waals surface area contributed by atoms with Gasteiger partial charge in [0.2, 0.25) is 0 Å². The van der Waals surface area contributed by atoms with Gasteiger partial charge in [0.15, 0.2) is 0 Å². The zero-order valence-corrected chi connectivity index (χ0v) is 14.9. The normalized spacial score (nSPS) is 19.0. The lowest BCUT2D eigenvalue weighted by molar-refractivity contribution is -0.137. The van der Waals surface area contributed by atoms with Crippen molar-refractivity contribution in [3.05, 3.63) is 12.2 Å². The molecule has 134 valence electrons. The van der Waals surface area contributed by atoms with Gasteiger partial charge in [-0.05, 0) is 37.5 Å². The molecule has 0 aromatic carbocycles. The van der Waals surface area contributed by atoms with Gasteiger partial charge in [0.25, 0.3) is 0 Å². The van der Waals surface area contributed by atoms with Crippen LogP contribution in [0.15, 0.2) is 12.2 Å². The fraction of sp³-hybridized carbons (Fsp3) is 0.850. The molecular weight excluding hydrogens is 288 g/mol. The zero-order valence-electron chi connectivity index (χ0n) is 14.9. The maximum Gasteiger partial charge on any atom is 0.303 e. The van der Waals surface area contributed by atoms with Gasteiger partial charge in [-0.15, -0.1) is 0 Å². The van der Waals surface area contributed by atoms with Crippen molar-refractivity contribution in [1.29, 1.82) is 0 Å². The van der Waals surface area contributed by atoms with Gasteiger partial charge in [0, 0.05) is 6.42 Å². The maximum absolute atomic E-state index is 10.6.